The molecule has 0 radical (unpaired) electrons. The number of rotatable bonds is 6. The van der Waals surface area contributed by atoms with E-state index in [1.165, 1.54) is 24.3 Å². The van der Waals surface area contributed by atoms with E-state index in [0.717, 1.165) is 5.56 Å². The second-order valence-electron chi connectivity index (χ2n) is 7.04. The van der Waals surface area contributed by atoms with E-state index in [9.17, 15) is 23.1 Å². The fourth-order valence-electron chi connectivity index (χ4n) is 3.17. The molecule has 0 spiro atoms. The van der Waals surface area contributed by atoms with Crippen LogP contribution in [0.25, 0.3) is 0 Å². The molecule has 0 bridgehead atoms. The monoisotopic (exact) mass is 415 g/mol. The first-order valence-corrected chi connectivity index (χ1v) is 10.3. The fraction of sp³-hybridized carbons (Fsp3) is 0.200. The predicted octanol–water partition coefficient (Wildman–Crippen LogP) is 0.894. The van der Waals surface area contributed by atoms with Crippen molar-refractivity contribution >= 4 is 21.8 Å². The van der Waals surface area contributed by atoms with E-state index in [2.05, 4.69) is 10.6 Å². The van der Waals surface area contributed by atoms with Gasteiger partial charge in [-0.15, -0.1) is 0 Å². The van der Waals surface area contributed by atoms with Gasteiger partial charge in [-0.05, 0) is 30.2 Å². The molecule has 1 atom stereocenters. The molecule has 2 aromatic carbocycles. The minimum atomic E-state index is -3.80. The van der Waals surface area contributed by atoms with E-state index in [1.54, 1.807) is 6.92 Å². The quantitative estimate of drug-likeness (QED) is 0.519. The van der Waals surface area contributed by atoms with Gasteiger partial charge in [-0.2, -0.15) is 0 Å². The zero-order chi connectivity index (χ0) is 21.2. The van der Waals surface area contributed by atoms with Crippen LogP contribution in [0.4, 0.5) is 0 Å². The van der Waals surface area contributed by atoms with Crippen molar-refractivity contribution in [3.63, 3.8) is 0 Å². The molecule has 3 rings (SSSR count). The summed E-state index contributed by atoms with van der Waals surface area (Å²) in [5, 5.41) is 20.9. The molecule has 2 amide bonds. The second-order valence-corrected chi connectivity index (χ2v) is 8.61. The molecule has 152 valence electrons. The topological polar surface area (TPSA) is 139 Å². The lowest BCUT2D eigenvalue weighted by Crippen LogP contribution is -2.43. The Morgan fingerprint density at radius 2 is 1.72 bits per heavy atom. The summed E-state index contributed by atoms with van der Waals surface area (Å²) in [6.07, 6.45) is 0.331. The summed E-state index contributed by atoms with van der Waals surface area (Å²) in [7, 11) is -3.80. The number of aliphatic hydroxyl groups is 1. The lowest BCUT2D eigenvalue weighted by atomic mass is 9.91. The second kappa shape index (κ2) is 7.69. The molecule has 8 nitrogen and oxygen atoms in total. The number of nitrogens with one attached hydrogen (secondary N) is 2. The average molecular weight is 415 g/mol. The molecular formula is C20H21N3O5S. The summed E-state index contributed by atoms with van der Waals surface area (Å²) in [4.78, 5) is 24.8. The van der Waals surface area contributed by atoms with Crippen molar-refractivity contribution in [3.8, 4) is 0 Å². The van der Waals surface area contributed by atoms with Crippen LogP contribution >= 0.6 is 0 Å². The highest BCUT2D eigenvalue weighted by Gasteiger charge is 2.44. The maximum absolute atomic E-state index is 12.5. The lowest BCUT2D eigenvalue weighted by molar-refractivity contribution is -0.123. The fourth-order valence-corrected chi connectivity index (χ4v) is 3.68. The smallest absolute Gasteiger partial charge is 0.261 e. The minimum Gasteiger partial charge on any atom is -0.509 e. The van der Waals surface area contributed by atoms with Crippen molar-refractivity contribution in [2.24, 2.45) is 5.14 Å². The number of sulfonamides is 1. The van der Waals surface area contributed by atoms with Crippen molar-refractivity contribution in [1.29, 1.82) is 0 Å². The first-order valence-electron chi connectivity index (χ1n) is 8.80. The Morgan fingerprint density at radius 1 is 1.10 bits per heavy atom. The number of carbonyl (C=O) groups excluding carboxylic acids is 2. The highest BCUT2D eigenvalue weighted by molar-refractivity contribution is 7.89. The van der Waals surface area contributed by atoms with Gasteiger partial charge in [0, 0.05) is 13.0 Å². The maximum Gasteiger partial charge on any atom is 0.261 e. The third kappa shape index (κ3) is 4.47. The number of benzene rings is 2. The Hall–Kier alpha value is -3.17. The van der Waals surface area contributed by atoms with Crippen LogP contribution in [0.2, 0.25) is 0 Å². The molecular weight excluding hydrogens is 394 g/mol. The first-order chi connectivity index (χ1) is 13.6. The van der Waals surface area contributed by atoms with Crippen LogP contribution in [0.1, 0.15) is 18.1 Å². The zero-order valence-electron chi connectivity index (χ0n) is 15.7. The van der Waals surface area contributed by atoms with Crippen LogP contribution in [0.15, 0.2) is 70.8 Å². The van der Waals surface area contributed by atoms with Gasteiger partial charge in [0.05, 0.1) is 10.4 Å². The number of primary sulfonamides is 1. The van der Waals surface area contributed by atoms with Crippen LogP contribution in [0.5, 0.6) is 0 Å². The van der Waals surface area contributed by atoms with Crippen LogP contribution < -0.4 is 15.8 Å². The summed E-state index contributed by atoms with van der Waals surface area (Å²) in [6, 6.07) is 15.0. The summed E-state index contributed by atoms with van der Waals surface area (Å²) < 4.78 is 22.6. The van der Waals surface area contributed by atoms with Crippen molar-refractivity contribution in [1.82, 2.24) is 10.6 Å². The van der Waals surface area contributed by atoms with Crippen LogP contribution in [0, 0.1) is 0 Å². The highest BCUT2D eigenvalue weighted by atomic mass is 32.2. The van der Waals surface area contributed by atoms with Crippen LogP contribution in [-0.4, -0.2) is 30.9 Å². The zero-order valence-corrected chi connectivity index (χ0v) is 16.5. The molecule has 1 aliphatic rings. The molecule has 0 fully saturated rings. The number of amides is 2. The van der Waals surface area contributed by atoms with Crippen molar-refractivity contribution in [3.05, 3.63) is 77.1 Å². The van der Waals surface area contributed by atoms with E-state index in [1.807, 2.05) is 30.3 Å². The maximum atomic E-state index is 12.5. The van der Waals surface area contributed by atoms with Gasteiger partial charge >= 0.3 is 0 Å². The van der Waals surface area contributed by atoms with E-state index >= 15 is 0 Å². The van der Waals surface area contributed by atoms with Gasteiger partial charge in [-0.1, -0.05) is 42.5 Å². The molecule has 1 heterocycles. The Bertz CT molecular complexity index is 1080. The van der Waals surface area contributed by atoms with Gasteiger partial charge in [0.1, 0.15) is 11.3 Å². The number of nitrogens with two attached hydrogens (primary N) is 1. The summed E-state index contributed by atoms with van der Waals surface area (Å²) in [5.74, 6) is -1.68. The van der Waals surface area contributed by atoms with Crippen molar-refractivity contribution in [2.75, 3.05) is 0 Å². The van der Waals surface area contributed by atoms with Crippen LogP contribution in [-0.2, 0) is 32.6 Å². The van der Waals surface area contributed by atoms with E-state index in [-0.39, 0.29) is 22.8 Å². The van der Waals surface area contributed by atoms with Crippen molar-refractivity contribution in [2.45, 2.75) is 30.3 Å². The molecule has 1 aliphatic heterocycles. The van der Waals surface area contributed by atoms with Gasteiger partial charge in [-0.25, -0.2) is 13.6 Å². The highest BCUT2D eigenvalue weighted by Crippen LogP contribution is 2.29. The Morgan fingerprint density at radius 3 is 2.31 bits per heavy atom. The standard InChI is InChI=1S/C20H21N3O5S/c1-20(11-13-5-3-2-4-6-13)17(24)16(19(26)23-20)18(25)22-12-14-7-9-15(10-8-14)29(21,27)28/h2-10,24H,11-12H2,1H3,(H,22,25)(H,23,26)(H2,21,27,28). The third-order valence-electron chi connectivity index (χ3n) is 4.71. The van der Waals surface area contributed by atoms with Gasteiger partial charge in [0.25, 0.3) is 11.8 Å². The number of hydrogen-bond donors (Lipinski definition) is 4. The van der Waals surface area contributed by atoms with Crippen LogP contribution in [0.3, 0.4) is 0 Å². The SMILES string of the molecule is CC1(Cc2ccccc2)NC(=O)C(C(=O)NCc2ccc(S(N)(=O)=O)cc2)=C1O. The summed E-state index contributed by atoms with van der Waals surface area (Å²) in [5.41, 5.74) is 0.0988. The number of aliphatic hydroxyl groups excluding tert-OH is 1. The molecule has 5 N–H and O–H groups in total. The molecule has 0 aliphatic carbocycles. The van der Waals surface area contributed by atoms with Crippen molar-refractivity contribution < 1.29 is 23.1 Å². The molecule has 2 aromatic rings. The van der Waals surface area contributed by atoms with Gasteiger partial charge in [0.15, 0.2) is 0 Å². The molecule has 29 heavy (non-hydrogen) atoms. The largest absolute Gasteiger partial charge is 0.509 e. The van der Waals surface area contributed by atoms with Gasteiger partial charge in [0.2, 0.25) is 10.0 Å². The van der Waals surface area contributed by atoms with Gasteiger partial charge in [-0.3, -0.25) is 9.59 Å². The molecule has 1 unspecified atom stereocenters. The molecule has 0 aromatic heterocycles. The molecule has 0 saturated heterocycles. The number of carbonyl (C=O) groups is 2. The Kier molecular flexibility index (Phi) is 5.45. The summed E-state index contributed by atoms with van der Waals surface area (Å²) >= 11 is 0. The molecule has 9 heteroatoms. The van der Waals surface area contributed by atoms with Gasteiger partial charge < -0.3 is 15.7 Å². The molecule has 0 saturated carbocycles. The average Bonchev–Trinajstić information content (AvgIpc) is 2.88. The first kappa shape index (κ1) is 20.6. The van der Waals surface area contributed by atoms with E-state index in [4.69, 9.17) is 5.14 Å². The minimum absolute atomic E-state index is 0.0419. The lowest BCUT2D eigenvalue weighted by Gasteiger charge is -2.24. The third-order valence-corrected chi connectivity index (χ3v) is 5.64. The number of hydrogen-bond acceptors (Lipinski definition) is 5. The Labute approximate surface area is 168 Å². The summed E-state index contributed by atoms with van der Waals surface area (Å²) in [6.45, 7) is 1.70. The Balaban J connectivity index is 1.72. The van der Waals surface area contributed by atoms with E-state index in [0.29, 0.717) is 12.0 Å². The normalized spacial score (nSPS) is 19.2. The predicted molar refractivity (Wildman–Crippen MR) is 106 cm³/mol. The van der Waals surface area contributed by atoms with E-state index < -0.39 is 27.4 Å².